The van der Waals surface area contributed by atoms with E-state index in [9.17, 15) is 13.5 Å². The lowest BCUT2D eigenvalue weighted by Crippen LogP contribution is -2.26. The Labute approximate surface area is 127 Å². The van der Waals surface area contributed by atoms with E-state index in [1.54, 1.807) is 12.1 Å². The molecule has 0 aromatic heterocycles. The fraction of sp³-hybridized carbons (Fsp3) is 0.625. The van der Waals surface area contributed by atoms with E-state index in [2.05, 4.69) is 4.90 Å². The van der Waals surface area contributed by atoms with Crippen molar-refractivity contribution in [3.05, 3.63) is 29.8 Å². The van der Waals surface area contributed by atoms with Gasteiger partial charge < -0.3 is 5.11 Å². The van der Waals surface area contributed by atoms with E-state index in [1.807, 2.05) is 19.1 Å². The lowest BCUT2D eigenvalue weighted by Gasteiger charge is -2.27. The van der Waals surface area contributed by atoms with Crippen molar-refractivity contribution in [1.29, 1.82) is 0 Å². The maximum absolute atomic E-state index is 12.2. The van der Waals surface area contributed by atoms with Crippen LogP contribution in [0.2, 0.25) is 0 Å². The Bertz CT molecular complexity index is 550. The lowest BCUT2D eigenvalue weighted by atomic mass is 10.0. The molecule has 0 amide bonds. The summed E-state index contributed by atoms with van der Waals surface area (Å²) in [6.45, 7) is 4.04. The van der Waals surface area contributed by atoms with Gasteiger partial charge in [0.15, 0.2) is 9.84 Å². The number of rotatable bonds is 7. The van der Waals surface area contributed by atoms with Crippen LogP contribution in [0.5, 0.6) is 0 Å². The summed E-state index contributed by atoms with van der Waals surface area (Å²) in [5, 5.41) is 9.33. The Hall–Kier alpha value is -0.910. The van der Waals surface area contributed by atoms with Gasteiger partial charge in [0.2, 0.25) is 0 Å². The highest BCUT2D eigenvalue weighted by Crippen LogP contribution is 2.29. The van der Waals surface area contributed by atoms with Crippen LogP contribution >= 0.6 is 0 Å². The minimum atomic E-state index is -3.19. The predicted octanol–water partition coefficient (Wildman–Crippen LogP) is 2.39. The van der Waals surface area contributed by atoms with E-state index in [0.717, 1.165) is 18.7 Å². The van der Waals surface area contributed by atoms with E-state index in [0.29, 0.717) is 17.7 Å². The number of nitrogens with zero attached hydrogens (tertiary/aromatic N) is 1. The molecular formula is C16H25NO3S. The number of aliphatic hydroxyl groups excluding tert-OH is 1. The van der Waals surface area contributed by atoms with Crippen LogP contribution in [0.1, 0.15) is 44.2 Å². The number of hydrogen-bond acceptors (Lipinski definition) is 4. The molecule has 4 nitrogen and oxygen atoms in total. The van der Waals surface area contributed by atoms with Gasteiger partial charge in [-0.05, 0) is 56.5 Å². The molecule has 2 rings (SSSR count). The van der Waals surface area contributed by atoms with Gasteiger partial charge in [-0.1, -0.05) is 19.1 Å². The fourth-order valence-electron chi connectivity index (χ4n) is 3.04. The van der Waals surface area contributed by atoms with Crippen molar-refractivity contribution in [3.8, 4) is 0 Å². The number of benzene rings is 1. The van der Waals surface area contributed by atoms with Crippen molar-refractivity contribution < 1.29 is 13.5 Å². The van der Waals surface area contributed by atoms with Crippen LogP contribution in [0.15, 0.2) is 29.2 Å². The minimum Gasteiger partial charge on any atom is -0.396 e. The molecule has 1 heterocycles. The SMILES string of the molecule is CCCS(=O)(=O)c1cccc(C(CCO)N2CCCC2)c1. The average molecular weight is 311 g/mol. The van der Waals surface area contributed by atoms with Crippen LogP contribution in [0, 0.1) is 0 Å². The van der Waals surface area contributed by atoms with Crippen molar-refractivity contribution in [1.82, 2.24) is 4.90 Å². The first-order valence-electron chi connectivity index (χ1n) is 7.76. The highest BCUT2D eigenvalue weighted by atomic mass is 32.2. The molecular weight excluding hydrogens is 286 g/mol. The third kappa shape index (κ3) is 4.05. The van der Waals surface area contributed by atoms with Crippen LogP contribution in [0.3, 0.4) is 0 Å². The van der Waals surface area contributed by atoms with Gasteiger partial charge in [0.1, 0.15) is 0 Å². The first kappa shape index (κ1) is 16.5. The molecule has 1 atom stereocenters. The molecule has 0 saturated carbocycles. The molecule has 1 unspecified atom stereocenters. The summed E-state index contributed by atoms with van der Waals surface area (Å²) in [7, 11) is -3.19. The second-order valence-electron chi connectivity index (χ2n) is 5.66. The Kier molecular flexibility index (Phi) is 5.79. The quantitative estimate of drug-likeness (QED) is 0.840. The van der Waals surface area contributed by atoms with Gasteiger partial charge in [-0.3, -0.25) is 4.90 Å². The van der Waals surface area contributed by atoms with Crippen molar-refractivity contribution in [2.24, 2.45) is 0 Å². The zero-order valence-electron chi connectivity index (χ0n) is 12.7. The number of sulfone groups is 1. The van der Waals surface area contributed by atoms with Crippen LogP contribution in [-0.2, 0) is 9.84 Å². The highest BCUT2D eigenvalue weighted by Gasteiger charge is 2.24. The van der Waals surface area contributed by atoms with Crippen molar-refractivity contribution in [3.63, 3.8) is 0 Å². The van der Waals surface area contributed by atoms with Crippen LogP contribution < -0.4 is 0 Å². The van der Waals surface area contributed by atoms with Crippen LogP contribution in [-0.4, -0.2) is 43.9 Å². The fourth-order valence-corrected chi connectivity index (χ4v) is 4.41. The molecule has 0 bridgehead atoms. The number of aliphatic hydroxyl groups is 1. The molecule has 1 N–H and O–H groups in total. The summed E-state index contributed by atoms with van der Waals surface area (Å²) in [6, 6.07) is 7.38. The predicted molar refractivity (Wildman–Crippen MR) is 84.0 cm³/mol. The average Bonchev–Trinajstić information content (AvgIpc) is 2.99. The zero-order valence-corrected chi connectivity index (χ0v) is 13.5. The minimum absolute atomic E-state index is 0.118. The monoisotopic (exact) mass is 311 g/mol. The van der Waals surface area contributed by atoms with Crippen molar-refractivity contribution >= 4 is 9.84 Å². The summed E-state index contributed by atoms with van der Waals surface area (Å²) in [4.78, 5) is 2.76. The van der Waals surface area contributed by atoms with Gasteiger partial charge in [-0.2, -0.15) is 0 Å². The molecule has 1 aromatic carbocycles. The molecule has 1 saturated heterocycles. The number of likely N-dealkylation sites (tertiary alicyclic amines) is 1. The van der Waals surface area contributed by atoms with Gasteiger partial charge in [0.05, 0.1) is 10.6 Å². The van der Waals surface area contributed by atoms with Gasteiger partial charge in [-0.25, -0.2) is 8.42 Å². The molecule has 1 aliphatic rings. The molecule has 21 heavy (non-hydrogen) atoms. The molecule has 5 heteroatoms. The molecule has 0 aliphatic carbocycles. The lowest BCUT2D eigenvalue weighted by molar-refractivity contribution is 0.185. The first-order chi connectivity index (χ1) is 10.1. The smallest absolute Gasteiger partial charge is 0.178 e. The summed E-state index contributed by atoms with van der Waals surface area (Å²) < 4.78 is 24.4. The zero-order chi connectivity index (χ0) is 15.3. The Morgan fingerprint density at radius 3 is 2.62 bits per heavy atom. The van der Waals surface area contributed by atoms with Gasteiger partial charge >= 0.3 is 0 Å². The van der Waals surface area contributed by atoms with Crippen LogP contribution in [0.25, 0.3) is 0 Å². The van der Waals surface area contributed by atoms with Crippen molar-refractivity contribution in [2.75, 3.05) is 25.4 Å². The summed E-state index contributed by atoms with van der Waals surface area (Å²) in [6.07, 6.45) is 3.63. The Balaban J connectivity index is 2.29. The normalized spacial score (nSPS) is 18.0. The van der Waals surface area contributed by atoms with E-state index in [4.69, 9.17) is 0 Å². The molecule has 118 valence electrons. The van der Waals surface area contributed by atoms with Gasteiger partial charge in [0, 0.05) is 12.6 Å². The third-order valence-electron chi connectivity index (χ3n) is 4.06. The second-order valence-corrected chi connectivity index (χ2v) is 7.77. The van der Waals surface area contributed by atoms with Crippen molar-refractivity contribution in [2.45, 2.75) is 43.5 Å². The largest absolute Gasteiger partial charge is 0.396 e. The maximum Gasteiger partial charge on any atom is 0.178 e. The van der Waals surface area contributed by atoms with E-state index in [-0.39, 0.29) is 18.4 Å². The van der Waals surface area contributed by atoms with Gasteiger partial charge in [-0.15, -0.1) is 0 Å². The van der Waals surface area contributed by atoms with E-state index < -0.39 is 9.84 Å². The summed E-state index contributed by atoms with van der Waals surface area (Å²) in [5.41, 5.74) is 1.00. The molecule has 1 aromatic rings. The Morgan fingerprint density at radius 2 is 2.00 bits per heavy atom. The maximum atomic E-state index is 12.2. The van der Waals surface area contributed by atoms with Crippen LogP contribution in [0.4, 0.5) is 0 Å². The third-order valence-corrected chi connectivity index (χ3v) is 5.98. The highest BCUT2D eigenvalue weighted by molar-refractivity contribution is 7.91. The topological polar surface area (TPSA) is 57.6 Å². The second kappa shape index (κ2) is 7.38. The first-order valence-corrected chi connectivity index (χ1v) is 9.41. The summed E-state index contributed by atoms with van der Waals surface area (Å²) in [5.74, 6) is 0.185. The molecule has 1 fully saturated rings. The van der Waals surface area contributed by atoms with E-state index >= 15 is 0 Å². The standard InChI is InChI=1S/C16H25NO3S/c1-2-12-21(19,20)15-7-5-6-14(13-15)16(8-11-18)17-9-3-4-10-17/h5-7,13,16,18H,2-4,8-12H2,1H3. The molecule has 0 radical (unpaired) electrons. The van der Waals surface area contributed by atoms with E-state index in [1.165, 1.54) is 12.8 Å². The molecule has 1 aliphatic heterocycles. The molecule has 0 spiro atoms. The van der Waals surface area contributed by atoms with Gasteiger partial charge in [0.25, 0.3) is 0 Å². The Morgan fingerprint density at radius 1 is 1.29 bits per heavy atom. The number of hydrogen-bond donors (Lipinski definition) is 1. The summed E-state index contributed by atoms with van der Waals surface area (Å²) >= 11 is 0.